The van der Waals surface area contributed by atoms with Crippen molar-refractivity contribution >= 4 is 0 Å². The first-order valence-electron chi connectivity index (χ1n) is 2.28. The van der Waals surface area contributed by atoms with Gasteiger partial charge in [-0.2, -0.15) is 4.98 Å². The molecule has 3 heterocycles. The molecule has 0 spiro atoms. The predicted molar refractivity (Wildman–Crippen MR) is 24.6 cm³/mol. The lowest BCUT2D eigenvalue weighted by Crippen LogP contribution is -1.92. The maximum absolute atomic E-state index is 8.49. The second-order valence-electron chi connectivity index (χ2n) is 1.59. The minimum atomic E-state index is -0.0255. The van der Waals surface area contributed by atoms with Gasteiger partial charge < -0.3 is 14.8 Å². The fourth-order valence-corrected chi connectivity index (χ4v) is 0.663. The Morgan fingerprint density at radius 2 is 2.50 bits per heavy atom. The van der Waals surface area contributed by atoms with E-state index in [1.54, 1.807) is 0 Å². The van der Waals surface area contributed by atoms with Crippen LogP contribution in [0.3, 0.4) is 0 Å². The highest BCUT2D eigenvalue weighted by atomic mass is 16.5. The van der Waals surface area contributed by atoms with Crippen LogP contribution in [0.4, 0.5) is 0 Å². The number of rotatable bonds is 1. The molecule has 2 aliphatic rings. The number of hydrogen-bond acceptors (Lipinski definition) is 3. The number of nitrogens with zero attached hydrogens (tertiary/aromatic N) is 1. The normalized spacial score (nSPS) is 12.6. The van der Waals surface area contributed by atoms with E-state index >= 15 is 0 Å². The summed E-state index contributed by atoms with van der Waals surface area (Å²) in [6.07, 6.45) is 0. The molecule has 4 heteroatoms. The van der Waals surface area contributed by atoms with Gasteiger partial charge in [0.05, 0.1) is 6.61 Å². The van der Waals surface area contributed by atoms with E-state index in [0.717, 1.165) is 0 Å². The maximum Gasteiger partial charge on any atom is 0.304 e. The van der Waals surface area contributed by atoms with Crippen molar-refractivity contribution in [3.63, 3.8) is 0 Å². The van der Waals surface area contributed by atoms with Gasteiger partial charge >= 0.3 is 6.01 Å². The Balaban J connectivity index is 2.51. The maximum atomic E-state index is 8.49. The molecule has 2 bridgehead atoms. The number of aromatic amines is 1. The van der Waals surface area contributed by atoms with Crippen LogP contribution < -0.4 is 4.74 Å². The van der Waals surface area contributed by atoms with Crippen LogP contribution in [0.2, 0.25) is 0 Å². The molecule has 0 radical (unpaired) electrons. The Bertz CT molecular complexity index is 218. The van der Waals surface area contributed by atoms with Crippen LogP contribution in [0.1, 0.15) is 5.69 Å². The summed E-state index contributed by atoms with van der Waals surface area (Å²) in [5.74, 6) is 0.530. The zero-order valence-corrected chi connectivity index (χ0v) is 4.01. The Labute approximate surface area is 45.1 Å². The third kappa shape index (κ3) is 0.272. The molecule has 2 aliphatic heterocycles. The number of H-pyrrole nitrogens is 1. The lowest BCUT2D eigenvalue weighted by Gasteiger charge is -1.99. The van der Waals surface area contributed by atoms with Crippen LogP contribution in [0, 0.1) is 0 Å². The first-order valence-corrected chi connectivity index (χ1v) is 2.28. The first kappa shape index (κ1) is 3.91. The summed E-state index contributed by atoms with van der Waals surface area (Å²) in [4.78, 5) is 6.52. The summed E-state index contributed by atoms with van der Waals surface area (Å²) >= 11 is 0. The monoisotopic (exact) mass is 112 g/mol. The van der Waals surface area contributed by atoms with Gasteiger partial charge in [-0.1, -0.05) is 0 Å². The summed E-state index contributed by atoms with van der Waals surface area (Å²) in [5.41, 5.74) is 0.667. The van der Waals surface area contributed by atoms with Crippen molar-refractivity contribution in [3.8, 4) is 11.9 Å². The summed E-state index contributed by atoms with van der Waals surface area (Å²) in [6.45, 7) is -0.0255. The minimum Gasteiger partial charge on any atom is -0.404 e. The van der Waals surface area contributed by atoms with Crippen molar-refractivity contribution in [2.24, 2.45) is 0 Å². The average Bonchev–Trinajstić information content (AvgIpc) is 2.15. The number of aromatic nitrogens is 2. The van der Waals surface area contributed by atoms with E-state index in [9.17, 15) is 0 Å². The molecule has 0 unspecified atom stereocenters. The number of aliphatic hydroxyl groups excluding tert-OH is 1. The van der Waals surface area contributed by atoms with E-state index in [4.69, 9.17) is 9.84 Å². The van der Waals surface area contributed by atoms with E-state index in [1.807, 2.05) is 0 Å². The smallest absolute Gasteiger partial charge is 0.304 e. The molecule has 1 aromatic rings. The van der Waals surface area contributed by atoms with E-state index in [2.05, 4.69) is 9.97 Å². The highest BCUT2D eigenvalue weighted by Crippen LogP contribution is 2.32. The largest absolute Gasteiger partial charge is 0.404 e. The number of fused-ring (bicyclic) bond motifs is 1. The molecule has 4 nitrogen and oxygen atoms in total. The summed E-state index contributed by atoms with van der Waals surface area (Å²) < 4.78 is 4.81. The van der Waals surface area contributed by atoms with E-state index in [-0.39, 0.29) is 6.61 Å². The fraction of sp³-hybridized carbons (Fsp3) is 0.250. The standard InChI is InChI=1S/C4H4N2O2/c7-1-2-3-6-4(5-2)8-3/h7H,1H2,(H,5,6). The van der Waals surface area contributed by atoms with Crippen LogP contribution in [0.15, 0.2) is 0 Å². The zero-order chi connectivity index (χ0) is 5.56. The van der Waals surface area contributed by atoms with Gasteiger partial charge in [0, 0.05) is 0 Å². The molecule has 0 fully saturated rings. The molecule has 42 valence electrons. The Hall–Kier alpha value is -1.03. The van der Waals surface area contributed by atoms with Crippen molar-refractivity contribution in [2.45, 2.75) is 6.61 Å². The second-order valence-corrected chi connectivity index (χ2v) is 1.59. The van der Waals surface area contributed by atoms with Gasteiger partial charge in [0.2, 0.25) is 5.88 Å². The Morgan fingerprint density at radius 1 is 1.75 bits per heavy atom. The van der Waals surface area contributed by atoms with E-state index in [1.165, 1.54) is 0 Å². The molecule has 8 heavy (non-hydrogen) atoms. The third-order valence-corrected chi connectivity index (χ3v) is 1.07. The SMILES string of the molecule is OCc1[nH]c2nc1O2. The lowest BCUT2D eigenvalue weighted by atomic mass is 10.5. The van der Waals surface area contributed by atoms with Gasteiger partial charge in [-0.05, 0) is 0 Å². The lowest BCUT2D eigenvalue weighted by molar-refractivity contribution is 0.274. The van der Waals surface area contributed by atoms with Crippen molar-refractivity contribution in [1.29, 1.82) is 0 Å². The molecule has 2 N–H and O–H groups in total. The fourth-order valence-electron chi connectivity index (χ4n) is 0.663. The van der Waals surface area contributed by atoms with Crippen LogP contribution in [-0.4, -0.2) is 15.1 Å². The molecular formula is C4H4N2O2. The molecule has 0 atom stereocenters. The highest BCUT2D eigenvalue weighted by Gasteiger charge is 2.21. The molecule has 0 aromatic carbocycles. The molecule has 0 saturated heterocycles. The number of hydrogen-bond donors (Lipinski definition) is 2. The zero-order valence-electron chi connectivity index (χ0n) is 4.01. The molecule has 3 rings (SSSR count). The second kappa shape index (κ2) is 1.03. The van der Waals surface area contributed by atoms with Gasteiger partial charge in [-0.25, -0.2) is 0 Å². The van der Waals surface area contributed by atoms with Crippen molar-refractivity contribution < 1.29 is 9.84 Å². The molecule has 0 amide bonds. The number of ether oxygens (including phenoxy) is 1. The Morgan fingerprint density at radius 3 is 2.75 bits per heavy atom. The van der Waals surface area contributed by atoms with Gasteiger partial charge in [-0.15, -0.1) is 0 Å². The number of imidazole rings is 1. The molecule has 0 aliphatic carbocycles. The van der Waals surface area contributed by atoms with Crippen LogP contribution in [0.5, 0.6) is 11.9 Å². The molecule has 1 aromatic heterocycles. The van der Waals surface area contributed by atoms with Crippen LogP contribution >= 0.6 is 0 Å². The topological polar surface area (TPSA) is 58.1 Å². The van der Waals surface area contributed by atoms with E-state index < -0.39 is 0 Å². The summed E-state index contributed by atoms with van der Waals surface area (Å²) in [7, 11) is 0. The summed E-state index contributed by atoms with van der Waals surface area (Å²) in [5, 5.41) is 8.49. The first-order chi connectivity index (χ1) is 3.90. The van der Waals surface area contributed by atoms with Crippen molar-refractivity contribution in [1.82, 2.24) is 9.97 Å². The average molecular weight is 112 g/mol. The summed E-state index contributed by atoms with van der Waals surface area (Å²) in [6, 6.07) is 0.504. The molecular weight excluding hydrogens is 108 g/mol. The van der Waals surface area contributed by atoms with Crippen LogP contribution in [-0.2, 0) is 6.61 Å². The van der Waals surface area contributed by atoms with Crippen molar-refractivity contribution in [2.75, 3.05) is 0 Å². The quantitative estimate of drug-likeness (QED) is 0.546. The predicted octanol–water partition coefficient (Wildman–Crippen LogP) is 0.00770. The van der Waals surface area contributed by atoms with Gasteiger partial charge in [-0.3, -0.25) is 0 Å². The number of aliphatic hydroxyl groups is 1. The number of nitrogens with one attached hydrogen (secondary N) is 1. The van der Waals surface area contributed by atoms with Gasteiger partial charge in [0.1, 0.15) is 5.69 Å². The Kier molecular flexibility index (Phi) is 0.503. The third-order valence-electron chi connectivity index (χ3n) is 1.07. The van der Waals surface area contributed by atoms with E-state index in [0.29, 0.717) is 17.6 Å². The van der Waals surface area contributed by atoms with Gasteiger partial charge in [0.15, 0.2) is 0 Å². The highest BCUT2D eigenvalue weighted by molar-refractivity contribution is 5.33. The van der Waals surface area contributed by atoms with Crippen LogP contribution in [0.25, 0.3) is 0 Å². The minimum absolute atomic E-state index is 0.0255. The van der Waals surface area contributed by atoms with Gasteiger partial charge in [0.25, 0.3) is 0 Å². The van der Waals surface area contributed by atoms with Crippen molar-refractivity contribution in [3.05, 3.63) is 5.69 Å². The molecule has 0 saturated carbocycles.